The minimum atomic E-state index is -1.97. The number of hydrogen-bond acceptors (Lipinski definition) is 5. The van der Waals surface area contributed by atoms with E-state index in [1.807, 2.05) is 20.8 Å². The van der Waals surface area contributed by atoms with Crippen LogP contribution in [0.3, 0.4) is 0 Å². The first-order valence-corrected chi connectivity index (χ1v) is 14.3. The van der Waals surface area contributed by atoms with E-state index in [1.165, 1.54) is 6.07 Å². The Bertz CT molecular complexity index is 769. The standard InChI is InChI=1S/C24H41FN2O4Si/c1-23(2,3)31-22(28)27-14-17(12-13-19-20(25)10-9-11-21(19)26)30-18(15-27)16-29-32(7,8)24(4,5)6/h9-11,17-18H,12-16,26H2,1-8H3/t17-,18-/m0/s1. The predicted molar refractivity (Wildman–Crippen MR) is 129 cm³/mol. The van der Waals surface area contributed by atoms with Crippen LogP contribution in [0.4, 0.5) is 14.9 Å². The molecule has 0 radical (unpaired) electrons. The summed E-state index contributed by atoms with van der Waals surface area (Å²) in [5.41, 5.74) is 6.30. The molecule has 1 aliphatic heterocycles. The summed E-state index contributed by atoms with van der Waals surface area (Å²) in [6.45, 7) is 17.7. The van der Waals surface area contributed by atoms with Gasteiger partial charge in [-0.25, -0.2) is 9.18 Å². The number of amides is 1. The van der Waals surface area contributed by atoms with Gasteiger partial charge in [0.15, 0.2) is 8.32 Å². The SMILES string of the molecule is CC(C)(C)OC(=O)N1C[C@@H](CO[Si](C)(C)C(C)(C)C)O[C@@H](CCc2c(N)cccc2F)C1. The Hall–Kier alpha value is -1.64. The van der Waals surface area contributed by atoms with Gasteiger partial charge in [-0.1, -0.05) is 26.8 Å². The summed E-state index contributed by atoms with van der Waals surface area (Å²) in [6, 6.07) is 4.71. The molecule has 2 N–H and O–H groups in total. The highest BCUT2D eigenvalue weighted by atomic mass is 28.4. The van der Waals surface area contributed by atoms with Crippen molar-refractivity contribution in [1.29, 1.82) is 0 Å². The van der Waals surface area contributed by atoms with Gasteiger partial charge in [0.1, 0.15) is 11.4 Å². The number of nitrogens with zero attached hydrogens (tertiary/aromatic N) is 1. The maximum Gasteiger partial charge on any atom is 0.410 e. The molecule has 1 heterocycles. The summed E-state index contributed by atoms with van der Waals surface area (Å²) in [7, 11) is -1.97. The van der Waals surface area contributed by atoms with Gasteiger partial charge < -0.3 is 24.5 Å². The number of carbonyl (C=O) groups excluding carboxylic acids is 1. The van der Waals surface area contributed by atoms with Gasteiger partial charge in [0.05, 0.1) is 31.9 Å². The highest BCUT2D eigenvalue weighted by Crippen LogP contribution is 2.37. The van der Waals surface area contributed by atoms with E-state index in [2.05, 4.69) is 33.9 Å². The summed E-state index contributed by atoms with van der Waals surface area (Å²) in [5, 5.41) is 0.0777. The van der Waals surface area contributed by atoms with E-state index in [0.717, 1.165) is 0 Å². The first kappa shape index (κ1) is 26.6. The fourth-order valence-electron chi connectivity index (χ4n) is 3.31. The molecule has 32 heavy (non-hydrogen) atoms. The monoisotopic (exact) mass is 468 g/mol. The van der Waals surface area contributed by atoms with Gasteiger partial charge in [-0.15, -0.1) is 0 Å². The Balaban J connectivity index is 2.11. The van der Waals surface area contributed by atoms with Crippen molar-refractivity contribution in [1.82, 2.24) is 4.90 Å². The zero-order chi connectivity index (χ0) is 24.3. The average Bonchev–Trinajstić information content (AvgIpc) is 2.63. The molecule has 0 aromatic heterocycles. The molecule has 0 saturated carbocycles. The maximum atomic E-state index is 14.2. The number of anilines is 1. The second kappa shape index (κ2) is 10.1. The van der Waals surface area contributed by atoms with E-state index in [4.69, 9.17) is 19.6 Å². The minimum absolute atomic E-state index is 0.0777. The van der Waals surface area contributed by atoms with Crippen molar-refractivity contribution in [3.05, 3.63) is 29.6 Å². The summed E-state index contributed by atoms with van der Waals surface area (Å²) in [4.78, 5) is 14.5. The molecule has 0 spiro atoms. The summed E-state index contributed by atoms with van der Waals surface area (Å²) in [5.74, 6) is -0.317. The third kappa shape index (κ3) is 7.45. The Labute approximate surface area is 193 Å². The van der Waals surface area contributed by atoms with Crippen LogP contribution >= 0.6 is 0 Å². The molecule has 1 aromatic carbocycles. The van der Waals surface area contributed by atoms with Gasteiger partial charge in [0.25, 0.3) is 0 Å². The third-order valence-electron chi connectivity index (χ3n) is 6.19. The van der Waals surface area contributed by atoms with Crippen molar-refractivity contribution in [2.24, 2.45) is 0 Å². The van der Waals surface area contributed by atoms with Crippen molar-refractivity contribution < 1.29 is 23.1 Å². The van der Waals surface area contributed by atoms with E-state index in [-0.39, 0.29) is 29.2 Å². The molecule has 0 bridgehead atoms. The van der Waals surface area contributed by atoms with Crippen LogP contribution in [0.2, 0.25) is 18.1 Å². The normalized spacial score (nSPS) is 20.3. The van der Waals surface area contributed by atoms with E-state index in [9.17, 15) is 9.18 Å². The van der Waals surface area contributed by atoms with E-state index < -0.39 is 13.9 Å². The summed E-state index contributed by atoms with van der Waals surface area (Å²) in [6.07, 6.45) is 0.0764. The molecule has 2 rings (SSSR count). The van der Waals surface area contributed by atoms with Gasteiger partial charge in [-0.2, -0.15) is 0 Å². The highest BCUT2D eigenvalue weighted by molar-refractivity contribution is 6.74. The van der Waals surface area contributed by atoms with Crippen molar-refractivity contribution in [2.75, 3.05) is 25.4 Å². The molecule has 1 saturated heterocycles. The first-order valence-electron chi connectivity index (χ1n) is 11.4. The van der Waals surface area contributed by atoms with Gasteiger partial charge in [0, 0.05) is 11.3 Å². The van der Waals surface area contributed by atoms with Crippen LogP contribution in [0.25, 0.3) is 0 Å². The second-order valence-corrected chi connectivity index (χ2v) is 16.0. The first-order chi connectivity index (χ1) is 14.6. The van der Waals surface area contributed by atoms with Gasteiger partial charge in [-0.3, -0.25) is 0 Å². The fraction of sp³-hybridized carbons (Fsp3) is 0.708. The quantitative estimate of drug-likeness (QED) is 0.449. The molecule has 0 unspecified atom stereocenters. The smallest absolute Gasteiger partial charge is 0.410 e. The highest BCUT2D eigenvalue weighted by Gasteiger charge is 2.39. The molecule has 0 aliphatic carbocycles. The number of benzene rings is 1. The average molecular weight is 469 g/mol. The molecular formula is C24H41FN2O4Si. The summed E-state index contributed by atoms with van der Waals surface area (Å²) >= 11 is 0. The van der Waals surface area contributed by atoms with E-state index in [0.29, 0.717) is 43.8 Å². The lowest BCUT2D eigenvalue weighted by atomic mass is 10.0. The van der Waals surface area contributed by atoms with Crippen LogP contribution in [0.1, 0.15) is 53.5 Å². The molecule has 1 amide bonds. The molecule has 1 fully saturated rings. The van der Waals surface area contributed by atoms with Crippen LogP contribution in [-0.4, -0.2) is 56.8 Å². The number of rotatable bonds is 6. The maximum absolute atomic E-state index is 14.2. The minimum Gasteiger partial charge on any atom is -0.444 e. The Kier molecular flexibility index (Phi) is 8.39. The molecule has 1 aliphatic rings. The number of halogens is 1. The Morgan fingerprint density at radius 2 is 1.81 bits per heavy atom. The summed E-state index contributed by atoms with van der Waals surface area (Å²) < 4.78 is 32.5. The Morgan fingerprint density at radius 1 is 1.19 bits per heavy atom. The molecular weight excluding hydrogens is 427 g/mol. The number of morpholine rings is 1. The number of nitrogens with two attached hydrogens (primary N) is 1. The van der Waals surface area contributed by atoms with Crippen LogP contribution in [0.5, 0.6) is 0 Å². The largest absolute Gasteiger partial charge is 0.444 e. The van der Waals surface area contributed by atoms with E-state index >= 15 is 0 Å². The van der Waals surface area contributed by atoms with Crippen molar-refractivity contribution >= 4 is 20.1 Å². The molecule has 6 nitrogen and oxygen atoms in total. The number of nitrogen functional groups attached to an aromatic ring is 1. The van der Waals surface area contributed by atoms with Gasteiger partial charge in [0.2, 0.25) is 0 Å². The van der Waals surface area contributed by atoms with Crippen molar-refractivity contribution in [3.8, 4) is 0 Å². The number of hydrogen-bond donors (Lipinski definition) is 1. The lowest BCUT2D eigenvalue weighted by molar-refractivity contribution is -0.103. The predicted octanol–water partition coefficient (Wildman–Crippen LogP) is 5.37. The van der Waals surface area contributed by atoms with Gasteiger partial charge in [-0.05, 0) is 63.9 Å². The number of ether oxygens (including phenoxy) is 2. The van der Waals surface area contributed by atoms with Gasteiger partial charge >= 0.3 is 6.09 Å². The van der Waals surface area contributed by atoms with Crippen LogP contribution < -0.4 is 5.73 Å². The third-order valence-corrected chi connectivity index (χ3v) is 10.7. The lowest BCUT2D eigenvalue weighted by Crippen LogP contribution is -2.54. The van der Waals surface area contributed by atoms with Crippen molar-refractivity contribution in [3.63, 3.8) is 0 Å². The second-order valence-electron chi connectivity index (χ2n) is 11.2. The lowest BCUT2D eigenvalue weighted by Gasteiger charge is -2.41. The molecule has 2 atom stereocenters. The zero-order valence-corrected chi connectivity index (χ0v) is 22.0. The number of carbonyl (C=O) groups is 1. The molecule has 1 aromatic rings. The fourth-order valence-corrected chi connectivity index (χ4v) is 4.35. The molecule has 182 valence electrons. The topological polar surface area (TPSA) is 74.0 Å². The van der Waals surface area contributed by atoms with Crippen LogP contribution in [0.15, 0.2) is 18.2 Å². The van der Waals surface area contributed by atoms with E-state index in [1.54, 1.807) is 17.0 Å². The van der Waals surface area contributed by atoms with Crippen LogP contribution in [0, 0.1) is 5.82 Å². The zero-order valence-electron chi connectivity index (χ0n) is 21.0. The Morgan fingerprint density at radius 3 is 2.38 bits per heavy atom. The van der Waals surface area contributed by atoms with Crippen LogP contribution in [-0.2, 0) is 20.3 Å². The van der Waals surface area contributed by atoms with Crippen molar-refractivity contribution in [2.45, 2.75) is 90.3 Å². The molecule has 8 heteroatoms.